The number of ether oxygens (including phenoxy) is 1. The average molecular weight is 377 g/mol. The lowest BCUT2D eigenvalue weighted by Gasteiger charge is -2.07. The van der Waals surface area contributed by atoms with Crippen LogP contribution in [0.3, 0.4) is 0 Å². The zero-order valence-corrected chi connectivity index (χ0v) is 15.7. The standard InChI is InChI=1S/C21H19N3O2S/c1-26-18-9-2-15(3-10-18)4-11-20(25)22-17-7-5-16(6-8-17)19-14-24-12-13-27-21(24)23-19/h2-3,5-10,12-14H,4,11H2,1H3,(H,22,25). The first-order valence-corrected chi connectivity index (χ1v) is 9.55. The summed E-state index contributed by atoms with van der Waals surface area (Å²) in [5, 5.41) is 4.96. The van der Waals surface area contributed by atoms with Gasteiger partial charge < -0.3 is 10.1 Å². The fraction of sp³-hybridized carbons (Fsp3) is 0.143. The number of amides is 1. The number of thiazole rings is 1. The number of benzene rings is 2. The van der Waals surface area contributed by atoms with Gasteiger partial charge in [0.2, 0.25) is 5.91 Å². The molecule has 0 aliphatic heterocycles. The molecule has 2 heterocycles. The van der Waals surface area contributed by atoms with Gasteiger partial charge in [-0.2, -0.15) is 0 Å². The third-order valence-electron chi connectivity index (χ3n) is 4.36. The maximum atomic E-state index is 12.2. The van der Waals surface area contributed by atoms with Gasteiger partial charge in [0.15, 0.2) is 4.96 Å². The van der Waals surface area contributed by atoms with E-state index in [2.05, 4.69) is 10.3 Å². The zero-order valence-electron chi connectivity index (χ0n) is 14.9. The van der Waals surface area contributed by atoms with Crippen LogP contribution in [-0.2, 0) is 11.2 Å². The summed E-state index contributed by atoms with van der Waals surface area (Å²) in [4.78, 5) is 17.8. The van der Waals surface area contributed by atoms with Crippen molar-refractivity contribution in [1.82, 2.24) is 9.38 Å². The molecule has 0 aliphatic rings. The molecule has 0 spiro atoms. The van der Waals surface area contributed by atoms with Crippen LogP contribution in [0.1, 0.15) is 12.0 Å². The number of aryl methyl sites for hydroxylation is 1. The van der Waals surface area contributed by atoms with Crippen molar-refractivity contribution in [2.24, 2.45) is 0 Å². The molecule has 4 aromatic rings. The molecule has 0 fully saturated rings. The summed E-state index contributed by atoms with van der Waals surface area (Å²) < 4.78 is 7.15. The highest BCUT2D eigenvalue weighted by molar-refractivity contribution is 7.15. The van der Waals surface area contributed by atoms with Gasteiger partial charge in [-0.3, -0.25) is 9.20 Å². The number of nitrogens with one attached hydrogen (secondary N) is 1. The molecule has 0 aliphatic carbocycles. The third-order valence-corrected chi connectivity index (χ3v) is 5.13. The number of anilines is 1. The minimum Gasteiger partial charge on any atom is -0.497 e. The molecule has 0 saturated carbocycles. The van der Waals surface area contributed by atoms with E-state index in [-0.39, 0.29) is 5.91 Å². The van der Waals surface area contributed by atoms with Crippen molar-refractivity contribution >= 4 is 27.9 Å². The van der Waals surface area contributed by atoms with Gasteiger partial charge in [-0.15, -0.1) is 11.3 Å². The number of carbonyl (C=O) groups excluding carboxylic acids is 1. The van der Waals surface area contributed by atoms with Crippen molar-refractivity contribution < 1.29 is 9.53 Å². The first-order chi connectivity index (χ1) is 13.2. The van der Waals surface area contributed by atoms with E-state index in [0.717, 1.165) is 33.2 Å². The predicted octanol–water partition coefficient (Wildman–Crippen LogP) is 4.64. The number of aromatic nitrogens is 2. The molecule has 27 heavy (non-hydrogen) atoms. The molecule has 5 nitrogen and oxygen atoms in total. The molecule has 0 unspecified atom stereocenters. The van der Waals surface area contributed by atoms with Gasteiger partial charge in [0.25, 0.3) is 0 Å². The summed E-state index contributed by atoms with van der Waals surface area (Å²) in [6.45, 7) is 0. The van der Waals surface area contributed by atoms with E-state index in [4.69, 9.17) is 4.74 Å². The second-order valence-electron chi connectivity index (χ2n) is 6.19. The molecule has 136 valence electrons. The molecule has 6 heteroatoms. The van der Waals surface area contributed by atoms with Crippen molar-refractivity contribution in [3.8, 4) is 17.0 Å². The predicted molar refractivity (Wildman–Crippen MR) is 108 cm³/mol. The summed E-state index contributed by atoms with van der Waals surface area (Å²) in [6, 6.07) is 15.6. The Kier molecular flexibility index (Phi) is 4.89. The quantitative estimate of drug-likeness (QED) is 0.532. The second kappa shape index (κ2) is 7.63. The van der Waals surface area contributed by atoms with E-state index in [1.54, 1.807) is 18.4 Å². The molecular weight excluding hydrogens is 358 g/mol. The van der Waals surface area contributed by atoms with Crippen LogP contribution in [0.5, 0.6) is 5.75 Å². The fourth-order valence-corrected chi connectivity index (χ4v) is 3.56. The van der Waals surface area contributed by atoms with Gasteiger partial charge in [0.1, 0.15) is 5.75 Å². The molecule has 1 amide bonds. The van der Waals surface area contributed by atoms with Crippen LogP contribution in [-0.4, -0.2) is 22.4 Å². The van der Waals surface area contributed by atoms with Gasteiger partial charge >= 0.3 is 0 Å². The summed E-state index contributed by atoms with van der Waals surface area (Å²) in [5.74, 6) is 0.821. The summed E-state index contributed by atoms with van der Waals surface area (Å²) >= 11 is 1.61. The number of methoxy groups -OCH3 is 1. The number of nitrogens with zero attached hydrogens (tertiary/aromatic N) is 2. The average Bonchev–Trinajstić information content (AvgIpc) is 3.30. The summed E-state index contributed by atoms with van der Waals surface area (Å²) in [6.07, 6.45) is 5.13. The van der Waals surface area contributed by atoms with E-state index in [1.165, 1.54) is 0 Å². The molecule has 1 N–H and O–H groups in total. The minimum atomic E-state index is 0.000994. The smallest absolute Gasteiger partial charge is 0.224 e. The zero-order chi connectivity index (χ0) is 18.6. The summed E-state index contributed by atoms with van der Waals surface area (Å²) in [5.41, 5.74) is 3.86. The van der Waals surface area contributed by atoms with Crippen LogP contribution in [0.2, 0.25) is 0 Å². The van der Waals surface area contributed by atoms with E-state index >= 15 is 0 Å². The largest absolute Gasteiger partial charge is 0.497 e. The molecule has 2 aromatic heterocycles. The monoisotopic (exact) mass is 377 g/mol. The van der Waals surface area contributed by atoms with Gasteiger partial charge in [0, 0.05) is 35.4 Å². The van der Waals surface area contributed by atoms with Crippen LogP contribution in [0.15, 0.2) is 66.3 Å². The lowest BCUT2D eigenvalue weighted by molar-refractivity contribution is -0.116. The molecule has 0 atom stereocenters. The lowest BCUT2D eigenvalue weighted by Crippen LogP contribution is -2.12. The van der Waals surface area contributed by atoms with Crippen molar-refractivity contribution in [2.45, 2.75) is 12.8 Å². The van der Waals surface area contributed by atoms with E-state index in [0.29, 0.717) is 12.8 Å². The molecule has 2 aromatic carbocycles. The Morgan fingerprint density at radius 3 is 2.63 bits per heavy atom. The first-order valence-electron chi connectivity index (χ1n) is 8.67. The molecule has 0 saturated heterocycles. The first kappa shape index (κ1) is 17.3. The molecular formula is C21H19N3O2S. The Morgan fingerprint density at radius 1 is 1.15 bits per heavy atom. The maximum Gasteiger partial charge on any atom is 0.224 e. The highest BCUT2D eigenvalue weighted by atomic mass is 32.1. The van der Waals surface area contributed by atoms with Crippen molar-refractivity contribution in [3.05, 3.63) is 71.9 Å². The van der Waals surface area contributed by atoms with Crippen molar-refractivity contribution in [3.63, 3.8) is 0 Å². The van der Waals surface area contributed by atoms with Gasteiger partial charge in [0.05, 0.1) is 12.8 Å². The van der Waals surface area contributed by atoms with Crippen LogP contribution < -0.4 is 10.1 Å². The SMILES string of the molecule is COc1ccc(CCC(=O)Nc2ccc(-c3cn4ccsc4n3)cc2)cc1. The Labute approximate surface area is 161 Å². The van der Waals surface area contributed by atoms with Gasteiger partial charge in [-0.05, 0) is 36.2 Å². The normalized spacial score (nSPS) is 10.9. The van der Waals surface area contributed by atoms with Gasteiger partial charge in [-0.1, -0.05) is 24.3 Å². The fourth-order valence-electron chi connectivity index (χ4n) is 2.86. The molecule has 4 rings (SSSR count). The van der Waals surface area contributed by atoms with Crippen LogP contribution >= 0.6 is 11.3 Å². The Morgan fingerprint density at radius 2 is 1.93 bits per heavy atom. The van der Waals surface area contributed by atoms with Crippen molar-refractivity contribution in [1.29, 1.82) is 0 Å². The Bertz CT molecular complexity index is 1020. The molecule has 0 radical (unpaired) electrons. The number of carbonyl (C=O) groups is 1. The minimum absolute atomic E-state index is 0.000994. The Hall–Kier alpha value is -3.12. The van der Waals surface area contributed by atoms with E-state index in [9.17, 15) is 4.79 Å². The number of hydrogen-bond donors (Lipinski definition) is 1. The van der Waals surface area contributed by atoms with Crippen LogP contribution in [0.25, 0.3) is 16.2 Å². The van der Waals surface area contributed by atoms with Crippen LogP contribution in [0.4, 0.5) is 5.69 Å². The Balaban J connectivity index is 1.34. The third kappa shape index (κ3) is 4.01. The number of fused-ring (bicyclic) bond motifs is 1. The summed E-state index contributed by atoms with van der Waals surface area (Å²) in [7, 11) is 1.64. The number of imidazole rings is 1. The number of hydrogen-bond acceptors (Lipinski definition) is 4. The van der Waals surface area contributed by atoms with Gasteiger partial charge in [-0.25, -0.2) is 4.98 Å². The maximum absolute atomic E-state index is 12.2. The lowest BCUT2D eigenvalue weighted by atomic mass is 10.1. The number of rotatable bonds is 6. The highest BCUT2D eigenvalue weighted by Gasteiger charge is 2.07. The van der Waals surface area contributed by atoms with E-state index in [1.807, 2.05) is 70.7 Å². The second-order valence-corrected chi connectivity index (χ2v) is 7.07. The van der Waals surface area contributed by atoms with Crippen molar-refractivity contribution in [2.75, 3.05) is 12.4 Å². The molecule has 0 bridgehead atoms. The highest BCUT2D eigenvalue weighted by Crippen LogP contribution is 2.23. The van der Waals surface area contributed by atoms with Crippen LogP contribution in [0, 0.1) is 0 Å². The van der Waals surface area contributed by atoms with E-state index < -0.39 is 0 Å². The topological polar surface area (TPSA) is 55.6 Å².